The summed E-state index contributed by atoms with van der Waals surface area (Å²) in [7, 11) is 2.64. The monoisotopic (exact) mass is 531 g/mol. The topological polar surface area (TPSA) is 105 Å². The van der Waals surface area contributed by atoms with Gasteiger partial charge in [-0.25, -0.2) is 8.42 Å². The number of rotatable bonds is 10. The summed E-state index contributed by atoms with van der Waals surface area (Å²) in [5.41, 5.74) is 4.04. The standard InChI is InChI=1S/C27H37N3O6S/c1-18-13-23(35-5)14-19(2)27(18)37(33,34)30(4)17-22(31)7-8-26(32)28-24-15-20-9-11-29(3)12-10-21(20)16-25(24)36-6/h13-16H,7-12,17H2,1-6H3,(H,28,32). The molecule has 0 saturated heterocycles. The molecule has 0 aromatic heterocycles. The number of anilines is 1. The lowest BCUT2D eigenvalue weighted by Crippen LogP contribution is -2.33. The van der Waals surface area contributed by atoms with E-state index >= 15 is 0 Å². The molecule has 10 heteroatoms. The summed E-state index contributed by atoms with van der Waals surface area (Å²) in [5, 5.41) is 2.86. The lowest BCUT2D eigenvalue weighted by molar-refractivity contribution is -0.122. The van der Waals surface area contributed by atoms with Gasteiger partial charge in [0.25, 0.3) is 0 Å². The number of fused-ring (bicyclic) bond motifs is 1. The van der Waals surface area contributed by atoms with Crippen LogP contribution in [0.5, 0.6) is 11.5 Å². The van der Waals surface area contributed by atoms with Gasteiger partial charge in [-0.15, -0.1) is 0 Å². The molecular formula is C27H37N3O6S. The minimum absolute atomic E-state index is 0.0592. The Morgan fingerprint density at radius 3 is 2.14 bits per heavy atom. The largest absolute Gasteiger partial charge is 0.497 e. The Morgan fingerprint density at radius 1 is 0.973 bits per heavy atom. The number of carbonyl (C=O) groups excluding carboxylic acids is 2. The Balaban J connectivity index is 1.62. The molecule has 1 amide bonds. The molecule has 3 rings (SSSR count). The van der Waals surface area contributed by atoms with Crippen molar-refractivity contribution in [3.05, 3.63) is 46.5 Å². The van der Waals surface area contributed by atoms with Gasteiger partial charge < -0.3 is 19.7 Å². The number of amides is 1. The Labute approximate surface area is 219 Å². The number of carbonyl (C=O) groups is 2. The second-order valence-electron chi connectivity index (χ2n) is 9.56. The van der Waals surface area contributed by atoms with E-state index in [0.717, 1.165) is 30.2 Å². The van der Waals surface area contributed by atoms with E-state index in [-0.39, 0.29) is 36.0 Å². The Bertz CT molecular complexity index is 1250. The van der Waals surface area contributed by atoms with Gasteiger partial charge in [-0.05, 0) is 80.3 Å². The van der Waals surface area contributed by atoms with Crippen molar-refractivity contribution in [2.45, 2.75) is 44.4 Å². The van der Waals surface area contributed by atoms with Gasteiger partial charge in [-0.3, -0.25) is 9.59 Å². The molecule has 2 aromatic carbocycles. The van der Waals surface area contributed by atoms with Crippen LogP contribution in [0.15, 0.2) is 29.2 Å². The number of hydrogen-bond donors (Lipinski definition) is 1. The maximum absolute atomic E-state index is 13.2. The van der Waals surface area contributed by atoms with E-state index in [4.69, 9.17) is 9.47 Å². The fourth-order valence-electron chi connectivity index (χ4n) is 4.60. The van der Waals surface area contributed by atoms with Crippen LogP contribution in [0, 0.1) is 13.8 Å². The molecule has 2 aromatic rings. The fourth-order valence-corrected chi connectivity index (χ4v) is 6.16. The van der Waals surface area contributed by atoms with E-state index in [2.05, 4.69) is 17.3 Å². The van der Waals surface area contributed by atoms with E-state index in [1.54, 1.807) is 33.1 Å². The number of aryl methyl sites for hydroxylation is 2. The highest BCUT2D eigenvalue weighted by Crippen LogP contribution is 2.31. The molecule has 0 spiro atoms. The predicted molar refractivity (Wildman–Crippen MR) is 143 cm³/mol. The summed E-state index contributed by atoms with van der Waals surface area (Å²) < 4.78 is 38.0. The van der Waals surface area contributed by atoms with Gasteiger partial charge >= 0.3 is 0 Å². The van der Waals surface area contributed by atoms with Crippen molar-refractivity contribution in [2.24, 2.45) is 0 Å². The first-order valence-electron chi connectivity index (χ1n) is 12.3. The Morgan fingerprint density at radius 2 is 1.57 bits per heavy atom. The predicted octanol–water partition coefficient (Wildman–Crippen LogP) is 2.96. The van der Waals surface area contributed by atoms with Gasteiger partial charge in [0.2, 0.25) is 15.9 Å². The van der Waals surface area contributed by atoms with Crippen LogP contribution in [0.4, 0.5) is 5.69 Å². The first-order valence-corrected chi connectivity index (χ1v) is 13.7. The number of nitrogens with zero attached hydrogens (tertiary/aromatic N) is 2. The van der Waals surface area contributed by atoms with Crippen LogP contribution in [-0.4, -0.2) is 77.3 Å². The van der Waals surface area contributed by atoms with Crippen LogP contribution in [-0.2, 0) is 32.5 Å². The van der Waals surface area contributed by atoms with Crippen molar-refractivity contribution in [1.82, 2.24) is 9.21 Å². The first-order chi connectivity index (χ1) is 17.5. The summed E-state index contributed by atoms with van der Waals surface area (Å²) in [6, 6.07) is 7.22. The summed E-state index contributed by atoms with van der Waals surface area (Å²) in [5.74, 6) is 0.475. The lowest BCUT2D eigenvalue weighted by atomic mass is 10.0. The highest BCUT2D eigenvalue weighted by atomic mass is 32.2. The number of benzene rings is 2. The molecule has 0 saturated carbocycles. The highest BCUT2D eigenvalue weighted by molar-refractivity contribution is 7.89. The zero-order valence-electron chi connectivity index (χ0n) is 22.5. The molecule has 0 bridgehead atoms. The molecule has 9 nitrogen and oxygen atoms in total. The molecule has 1 N–H and O–H groups in total. The molecule has 1 aliphatic rings. The van der Waals surface area contributed by atoms with Gasteiger partial charge in [0.15, 0.2) is 0 Å². The van der Waals surface area contributed by atoms with E-state index in [1.807, 2.05) is 12.1 Å². The molecule has 202 valence electrons. The third kappa shape index (κ3) is 6.88. The van der Waals surface area contributed by atoms with Crippen LogP contribution in [0.2, 0.25) is 0 Å². The molecule has 1 aliphatic heterocycles. The van der Waals surface area contributed by atoms with Crippen LogP contribution in [0.1, 0.15) is 35.1 Å². The smallest absolute Gasteiger partial charge is 0.243 e. The molecular weight excluding hydrogens is 494 g/mol. The summed E-state index contributed by atoms with van der Waals surface area (Å²) in [6.07, 6.45) is 1.66. The third-order valence-corrected chi connectivity index (χ3v) is 8.80. The van der Waals surface area contributed by atoms with E-state index in [1.165, 1.54) is 25.3 Å². The molecule has 0 unspecified atom stereocenters. The normalized spacial score (nSPS) is 14.1. The maximum Gasteiger partial charge on any atom is 0.243 e. The molecule has 0 radical (unpaired) electrons. The SMILES string of the molecule is COc1cc(C)c(S(=O)(=O)N(C)CC(=O)CCC(=O)Nc2cc3c(cc2OC)CCN(C)CC3)c(C)c1. The number of nitrogens with one attached hydrogen (secondary N) is 1. The molecule has 0 fully saturated rings. The molecule has 0 atom stereocenters. The molecule has 1 heterocycles. The number of ether oxygens (including phenoxy) is 2. The van der Waals surface area contributed by atoms with Crippen molar-refractivity contribution < 1.29 is 27.5 Å². The van der Waals surface area contributed by atoms with Gasteiger partial charge in [-0.1, -0.05) is 0 Å². The first kappa shape index (κ1) is 28.6. The summed E-state index contributed by atoms with van der Waals surface area (Å²) in [6.45, 7) is 4.96. The minimum atomic E-state index is -3.90. The van der Waals surface area contributed by atoms with Crippen molar-refractivity contribution in [2.75, 3.05) is 53.3 Å². The van der Waals surface area contributed by atoms with Gasteiger partial charge in [-0.2, -0.15) is 4.31 Å². The summed E-state index contributed by atoms with van der Waals surface area (Å²) >= 11 is 0. The summed E-state index contributed by atoms with van der Waals surface area (Å²) in [4.78, 5) is 27.7. The van der Waals surface area contributed by atoms with Crippen LogP contribution < -0.4 is 14.8 Å². The number of hydrogen-bond acceptors (Lipinski definition) is 7. The lowest BCUT2D eigenvalue weighted by Gasteiger charge is -2.20. The average molecular weight is 532 g/mol. The van der Waals surface area contributed by atoms with Crippen LogP contribution in [0.3, 0.4) is 0 Å². The number of likely N-dealkylation sites (N-methyl/N-ethyl adjacent to an activating group) is 2. The van der Waals surface area contributed by atoms with E-state index < -0.39 is 10.0 Å². The van der Waals surface area contributed by atoms with Crippen molar-refractivity contribution in [3.8, 4) is 11.5 Å². The average Bonchev–Trinajstić information content (AvgIpc) is 3.02. The zero-order valence-corrected chi connectivity index (χ0v) is 23.3. The van der Waals surface area contributed by atoms with E-state index in [9.17, 15) is 18.0 Å². The van der Waals surface area contributed by atoms with Gasteiger partial charge in [0.1, 0.15) is 17.3 Å². The van der Waals surface area contributed by atoms with Gasteiger partial charge in [0.05, 0.1) is 31.3 Å². The van der Waals surface area contributed by atoms with Crippen molar-refractivity contribution >= 4 is 27.4 Å². The van der Waals surface area contributed by atoms with Crippen molar-refractivity contribution in [1.29, 1.82) is 0 Å². The second kappa shape index (κ2) is 12.1. The quantitative estimate of drug-likeness (QED) is 0.503. The fraction of sp³-hybridized carbons (Fsp3) is 0.481. The number of methoxy groups -OCH3 is 2. The van der Waals surface area contributed by atoms with Gasteiger partial charge in [0, 0.05) is 33.0 Å². The Kier molecular flexibility index (Phi) is 9.33. The number of Topliss-reactive ketones (excluding diaryl/α,β-unsaturated/α-hetero) is 1. The number of ketones is 1. The zero-order chi connectivity index (χ0) is 27.3. The van der Waals surface area contributed by atoms with Crippen LogP contribution in [0.25, 0.3) is 0 Å². The Hall–Kier alpha value is -2.95. The maximum atomic E-state index is 13.2. The third-order valence-electron chi connectivity index (χ3n) is 6.69. The van der Waals surface area contributed by atoms with Crippen LogP contribution >= 0.6 is 0 Å². The molecule has 37 heavy (non-hydrogen) atoms. The minimum Gasteiger partial charge on any atom is -0.497 e. The van der Waals surface area contributed by atoms with Crippen molar-refractivity contribution in [3.63, 3.8) is 0 Å². The van der Waals surface area contributed by atoms with E-state index in [0.29, 0.717) is 28.3 Å². The second-order valence-corrected chi connectivity index (χ2v) is 11.5. The molecule has 0 aliphatic carbocycles. The number of sulfonamides is 1. The highest BCUT2D eigenvalue weighted by Gasteiger charge is 2.27.